The third-order valence-electron chi connectivity index (χ3n) is 5.00. The van der Waals surface area contributed by atoms with Gasteiger partial charge in [-0.05, 0) is 67.7 Å². The minimum absolute atomic E-state index is 0.232. The molecule has 1 aliphatic rings. The van der Waals surface area contributed by atoms with Crippen molar-refractivity contribution in [3.05, 3.63) is 59.4 Å². The lowest BCUT2D eigenvalue weighted by atomic mass is 9.98. The minimum atomic E-state index is -4.98. The van der Waals surface area contributed by atoms with E-state index in [0.29, 0.717) is 18.1 Å². The van der Waals surface area contributed by atoms with Crippen LogP contribution in [0.4, 0.5) is 23.2 Å². The standard InChI is InChI=1S/C20H22F4N2O2S/c1-2-10-26-11-9-15(13-26)14-3-5-16(6-4-14)25-29(27,28)17-7-8-19(21)18(12-17)20(22,23)24/h3-8,12,15,25H,2,9-11,13H2,1H3. The molecule has 1 fully saturated rings. The summed E-state index contributed by atoms with van der Waals surface area (Å²) in [6, 6.07) is 8.43. The highest BCUT2D eigenvalue weighted by atomic mass is 32.2. The number of benzene rings is 2. The Morgan fingerprint density at radius 2 is 1.83 bits per heavy atom. The first-order valence-corrected chi connectivity index (χ1v) is 10.8. The van der Waals surface area contributed by atoms with Crippen LogP contribution in [0.2, 0.25) is 0 Å². The lowest BCUT2D eigenvalue weighted by Gasteiger charge is -2.15. The molecule has 4 nitrogen and oxygen atoms in total. The zero-order valence-electron chi connectivity index (χ0n) is 15.8. The van der Waals surface area contributed by atoms with Crippen molar-refractivity contribution in [1.29, 1.82) is 0 Å². The number of halogens is 4. The highest BCUT2D eigenvalue weighted by molar-refractivity contribution is 7.92. The SMILES string of the molecule is CCCN1CCC(c2ccc(NS(=O)(=O)c3ccc(F)c(C(F)(F)F)c3)cc2)C1. The van der Waals surface area contributed by atoms with E-state index in [2.05, 4.69) is 16.5 Å². The summed E-state index contributed by atoms with van der Waals surface area (Å²) in [5.41, 5.74) is -0.295. The maximum atomic E-state index is 13.4. The van der Waals surface area contributed by atoms with Crippen LogP contribution in [0, 0.1) is 5.82 Å². The van der Waals surface area contributed by atoms with Crippen LogP contribution in [0.3, 0.4) is 0 Å². The molecular weight excluding hydrogens is 408 g/mol. The molecule has 158 valence electrons. The van der Waals surface area contributed by atoms with E-state index in [1.165, 1.54) is 0 Å². The van der Waals surface area contributed by atoms with E-state index in [0.717, 1.165) is 44.1 Å². The lowest BCUT2D eigenvalue weighted by Crippen LogP contribution is -2.20. The second kappa shape index (κ2) is 8.31. The van der Waals surface area contributed by atoms with Crippen molar-refractivity contribution in [2.75, 3.05) is 24.4 Å². The Balaban J connectivity index is 1.74. The monoisotopic (exact) mass is 430 g/mol. The third kappa shape index (κ3) is 5.08. The van der Waals surface area contributed by atoms with Crippen molar-refractivity contribution in [1.82, 2.24) is 4.90 Å². The van der Waals surface area contributed by atoms with E-state index < -0.39 is 32.5 Å². The van der Waals surface area contributed by atoms with Crippen LogP contribution >= 0.6 is 0 Å². The molecule has 9 heteroatoms. The van der Waals surface area contributed by atoms with Gasteiger partial charge >= 0.3 is 6.18 Å². The lowest BCUT2D eigenvalue weighted by molar-refractivity contribution is -0.140. The number of likely N-dealkylation sites (tertiary alicyclic amines) is 1. The maximum Gasteiger partial charge on any atom is 0.419 e. The van der Waals surface area contributed by atoms with E-state index >= 15 is 0 Å². The van der Waals surface area contributed by atoms with Crippen LogP contribution in [0.15, 0.2) is 47.4 Å². The van der Waals surface area contributed by atoms with Gasteiger partial charge < -0.3 is 4.90 Å². The number of nitrogens with one attached hydrogen (secondary N) is 1. The number of anilines is 1. The topological polar surface area (TPSA) is 49.4 Å². The summed E-state index contributed by atoms with van der Waals surface area (Å²) in [7, 11) is -4.29. The summed E-state index contributed by atoms with van der Waals surface area (Å²) in [6.45, 7) is 5.16. The van der Waals surface area contributed by atoms with Crippen molar-refractivity contribution < 1.29 is 26.0 Å². The molecule has 1 atom stereocenters. The Bertz CT molecular complexity index is 959. The number of hydrogen-bond acceptors (Lipinski definition) is 3. The Kier molecular flexibility index (Phi) is 6.19. The molecule has 0 aromatic heterocycles. The predicted molar refractivity (Wildman–Crippen MR) is 103 cm³/mol. The van der Waals surface area contributed by atoms with Gasteiger partial charge in [-0.2, -0.15) is 13.2 Å². The van der Waals surface area contributed by atoms with Crippen molar-refractivity contribution in [3.63, 3.8) is 0 Å². The summed E-state index contributed by atoms with van der Waals surface area (Å²) in [5, 5.41) is 0. The average molecular weight is 430 g/mol. The molecule has 2 aromatic rings. The maximum absolute atomic E-state index is 13.4. The Labute approximate surface area is 167 Å². The largest absolute Gasteiger partial charge is 0.419 e. The first-order valence-electron chi connectivity index (χ1n) is 9.32. The molecule has 1 saturated heterocycles. The summed E-state index contributed by atoms with van der Waals surface area (Å²) >= 11 is 0. The Morgan fingerprint density at radius 1 is 1.14 bits per heavy atom. The molecule has 0 bridgehead atoms. The van der Waals surface area contributed by atoms with Gasteiger partial charge in [-0.1, -0.05) is 19.1 Å². The summed E-state index contributed by atoms with van der Waals surface area (Å²) in [5.74, 6) is -1.15. The number of hydrogen-bond donors (Lipinski definition) is 1. The molecule has 1 N–H and O–H groups in total. The molecule has 0 saturated carbocycles. The summed E-state index contributed by atoms with van der Waals surface area (Å²) in [6.07, 6.45) is -2.86. The number of alkyl halides is 3. The fourth-order valence-corrected chi connectivity index (χ4v) is 4.63. The molecule has 1 heterocycles. The van der Waals surface area contributed by atoms with E-state index in [1.807, 2.05) is 12.1 Å². The molecular formula is C20H22F4N2O2S. The van der Waals surface area contributed by atoms with Gasteiger partial charge in [0.25, 0.3) is 10.0 Å². The molecule has 2 aromatic carbocycles. The molecule has 1 unspecified atom stereocenters. The molecule has 29 heavy (non-hydrogen) atoms. The fourth-order valence-electron chi connectivity index (χ4n) is 3.55. The Morgan fingerprint density at radius 3 is 2.45 bits per heavy atom. The number of nitrogens with zero attached hydrogens (tertiary/aromatic N) is 1. The van der Waals surface area contributed by atoms with E-state index in [4.69, 9.17) is 0 Å². The third-order valence-corrected chi connectivity index (χ3v) is 6.38. The smallest absolute Gasteiger partial charge is 0.303 e. The first-order chi connectivity index (χ1) is 13.6. The number of sulfonamides is 1. The average Bonchev–Trinajstić information content (AvgIpc) is 3.10. The fraction of sp³-hybridized carbons (Fsp3) is 0.400. The molecule has 3 rings (SSSR count). The van der Waals surface area contributed by atoms with Crippen LogP contribution in [-0.2, 0) is 16.2 Å². The van der Waals surface area contributed by atoms with Gasteiger partial charge in [0.1, 0.15) is 5.82 Å². The van der Waals surface area contributed by atoms with Crippen LogP contribution < -0.4 is 4.72 Å². The van der Waals surface area contributed by atoms with Gasteiger partial charge in [-0.25, -0.2) is 12.8 Å². The van der Waals surface area contributed by atoms with Crippen molar-refractivity contribution in [3.8, 4) is 0 Å². The summed E-state index contributed by atoms with van der Waals surface area (Å²) in [4.78, 5) is 1.73. The van der Waals surface area contributed by atoms with Crippen molar-refractivity contribution in [2.24, 2.45) is 0 Å². The van der Waals surface area contributed by atoms with Gasteiger partial charge in [-0.3, -0.25) is 4.72 Å². The molecule has 0 amide bonds. The van der Waals surface area contributed by atoms with Gasteiger partial charge in [0.05, 0.1) is 10.5 Å². The van der Waals surface area contributed by atoms with Gasteiger partial charge in [0.2, 0.25) is 0 Å². The zero-order valence-corrected chi connectivity index (χ0v) is 16.7. The molecule has 1 aliphatic heterocycles. The summed E-state index contributed by atoms with van der Waals surface area (Å²) < 4.78 is 79.1. The second-order valence-corrected chi connectivity index (χ2v) is 8.84. The molecule has 0 spiro atoms. The van der Waals surface area contributed by atoms with E-state index in [9.17, 15) is 26.0 Å². The normalized spacial score (nSPS) is 18.2. The van der Waals surface area contributed by atoms with Gasteiger partial charge in [-0.15, -0.1) is 0 Å². The van der Waals surface area contributed by atoms with Crippen LogP contribution in [0.5, 0.6) is 0 Å². The Hall–Kier alpha value is -2.13. The highest BCUT2D eigenvalue weighted by Crippen LogP contribution is 2.33. The second-order valence-electron chi connectivity index (χ2n) is 7.15. The van der Waals surface area contributed by atoms with Crippen LogP contribution in [0.1, 0.15) is 36.8 Å². The van der Waals surface area contributed by atoms with Gasteiger partial charge in [0.15, 0.2) is 0 Å². The first kappa shape index (κ1) is 21.6. The molecule has 0 radical (unpaired) electrons. The number of rotatable bonds is 6. The van der Waals surface area contributed by atoms with E-state index in [-0.39, 0.29) is 5.69 Å². The van der Waals surface area contributed by atoms with Crippen LogP contribution in [0.25, 0.3) is 0 Å². The minimum Gasteiger partial charge on any atom is -0.303 e. The highest BCUT2D eigenvalue weighted by Gasteiger charge is 2.35. The zero-order chi connectivity index (χ0) is 21.2. The molecule has 0 aliphatic carbocycles. The van der Waals surface area contributed by atoms with Crippen LogP contribution in [-0.4, -0.2) is 33.0 Å². The van der Waals surface area contributed by atoms with E-state index in [1.54, 1.807) is 12.1 Å². The van der Waals surface area contributed by atoms with Gasteiger partial charge in [0, 0.05) is 12.2 Å². The van der Waals surface area contributed by atoms with Crippen molar-refractivity contribution >= 4 is 15.7 Å². The van der Waals surface area contributed by atoms with Crippen molar-refractivity contribution in [2.45, 2.75) is 36.8 Å². The predicted octanol–water partition coefficient (Wildman–Crippen LogP) is 4.84. The quantitative estimate of drug-likeness (QED) is 0.667.